The van der Waals surface area contributed by atoms with Gasteiger partial charge in [-0.3, -0.25) is 4.79 Å². The zero-order valence-electron chi connectivity index (χ0n) is 18.5. The predicted octanol–water partition coefficient (Wildman–Crippen LogP) is 5.03. The van der Waals surface area contributed by atoms with Crippen molar-refractivity contribution in [3.63, 3.8) is 0 Å². The van der Waals surface area contributed by atoms with Gasteiger partial charge in [0, 0.05) is 24.4 Å². The fourth-order valence-electron chi connectivity index (χ4n) is 5.11. The van der Waals surface area contributed by atoms with Crippen LogP contribution in [0.4, 0.5) is 13.2 Å². The number of halogens is 3. The summed E-state index contributed by atoms with van der Waals surface area (Å²) in [5.41, 5.74) is 3.38. The van der Waals surface area contributed by atoms with Crippen LogP contribution in [-0.2, 0) is 13.0 Å². The molecule has 1 N–H and O–H groups in total. The average Bonchev–Trinajstić information content (AvgIpc) is 3.15. The number of benzene rings is 2. The summed E-state index contributed by atoms with van der Waals surface area (Å²) in [5.74, 6) is -0.140. The summed E-state index contributed by atoms with van der Waals surface area (Å²) in [6, 6.07) is 12.8. The van der Waals surface area contributed by atoms with Crippen molar-refractivity contribution < 1.29 is 27.8 Å². The molecule has 178 valence electrons. The fraction of sp³-hybridized carbons (Fsp3) is 0.385. The van der Waals surface area contributed by atoms with E-state index < -0.39 is 18.9 Å². The Labute approximate surface area is 195 Å². The minimum Gasteiger partial charge on any atom is -0.468 e. The van der Waals surface area contributed by atoms with Gasteiger partial charge in [-0.2, -0.15) is 13.2 Å². The maximum Gasteiger partial charge on any atom is 0.422 e. The molecule has 8 heteroatoms. The van der Waals surface area contributed by atoms with E-state index >= 15 is 0 Å². The fourth-order valence-corrected chi connectivity index (χ4v) is 5.11. The number of rotatable bonds is 5. The summed E-state index contributed by atoms with van der Waals surface area (Å²) in [6.45, 7) is -0.896. The molecule has 2 atom stereocenters. The molecule has 1 aromatic heterocycles. The lowest BCUT2D eigenvalue weighted by molar-refractivity contribution is -0.154. The molecule has 1 saturated carbocycles. The molecule has 0 radical (unpaired) electrons. The summed E-state index contributed by atoms with van der Waals surface area (Å²) in [7, 11) is 0. The third kappa shape index (κ3) is 4.46. The van der Waals surface area contributed by atoms with Gasteiger partial charge in [-0.1, -0.05) is 43.2 Å². The van der Waals surface area contributed by atoms with Gasteiger partial charge in [0.15, 0.2) is 6.61 Å². The molecule has 1 aliphatic carbocycles. The number of ether oxygens (including phenoxy) is 1. The number of nitrogens with zero attached hydrogens (tertiary/aromatic N) is 2. The van der Waals surface area contributed by atoms with Crippen molar-refractivity contribution in [2.24, 2.45) is 0 Å². The van der Waals surface area contributed by atoms with Crippen LogP contribution in [0.2, 0.25) is 0 Å². The molecular weight excluding hydrogens is 445 g/mol. The number of hydrogen-bond acceptors (Lipinski definition) is 4. The molecule has 2 heterocycles. The Morgan fingerprint density at radius 3 is 2.56 bits per heavy atom. The SMILES string of the molecule is O=C1c2cc(Cc3ccc(OCC(F)(F)F)nc3)c3ccccc3c2CN1C1CCCCC1O. The minimum atomic E-state index is -4.42. The van der Waals surface area contributed by atoms with E-state index in [0.717, 1.165) is 46.7 Å². The summed E-state index contributed by atoms with van der Waals surface area (Å²) in [5, 5.41) is 12.6. The van der Waals surface area contributed by atoms with Crippen LogP contribution in [-0.4, -0.2) is 45.8 Å². The van der Waals surface area contributed by atoms with Gasteiger partial charge in [0.2, 0.25) is 5.88 Å². The third-order valence-corrected chi connectivity index (χ3v) is 6.73. The van der Waals surface area contributed by atoms with E-state index in [4.69, 9.17) is 4.74 Å². The Bertz CT molecular complexity index is 1210. The van der Waals surface area contributed by atoms with E-state index in [0.29, 0.717) is 24.9 Å². The van der Waals surface area contributed by atoms with Crippen LogP contribution in [0.5, 0.6) is 5.88 Å². The number of aromatic nitrogens is 1. The normalized spacial score (nSPS) is 20.6. The van der Waals surface area contributed by atoms with E-state index in [9.17, 15) is 23.1 Å². The summed E-state index contributed by atoms with van der Waals surface area (Å²) in [4.78, 5) is 19.2. The Morgan fingerprint density at radius 2 is 1.85 bits per heavy atom. The van der Waals surface area contributed by atoms with E-state index in [-0.39, 0.29) is 17.8 Å². The highest BCUT2D eigenvalue weighted by Crippen LogP contribution is 2.37. The smallest absolute Gasteiger partial charge is 0.422 e. The Hall–Kier alpha value is -3.13. The van der Waals surface area contributed by atoms with E-state index in [1.165, 1.54) is 12.3 Å². The summed E-state index contributed by atoms with van der Waals surface area (Å²) >= 11 is 0. The van der Waals surface area contributed by atoms with E-state index in [2.05, 4.69) is 4.98 Å². The first-order valence-corrected chi connectivity index (χ1v) is 11.5. The topological polar surface area (TPSA) is 62.7 Å². The van der Waals surface area contributed by atoms with Gasteiger partial charge in [0.25, 0.3) is 5.91 Å². The van der Waals surface area contributed by atoms with Gasteiger partial charge >= 0.3 is 6.18 Å². The number of hydrogen-bond donors (Lipinski definition) is 1. The molecule has 1 fully saturated rings. The molecule has 5 rings (SSSR count). The van der Waals surface area contributed by atoms with Crippen LogP contribution in [0, 0.1) is 0 Å². The second kappa shape index (κ2) is 8.91. The minimum absolute atomic E-state index is 0.0537. The van der Waals surface area contributed by atoms with Gasteiger partial charge in [-0.05, 0) is 52.8 Å². The van der Waals surface area contributed by atoms with Crippen LogP contribution in [0.3, 0.4) is 0 Å². The highest BCUT2D eigenvalue weighted by Gasteiger charge is 2.38. The monoisotopic (exact) mass is 470 g/mol. The quantitative estimate of drug-likeness (QED) is 0.569. The van der Waals surface area contributed by atoms with Crippen molar-refractivity contribution in [2.75, 3.05) is 6.61 Å². The number of pyridine rings is 1. The molecule has 1 amide bonds. The van der Waals surface area contributed by atoms with Crippen molar-refractivity contribution in [3.8, 4) is 5.88 Å². The summed E-state index contributed by atoms with van der Waals surface area (Å²) in [6.07, 6.45) is 0.559. The van der Waals surface area contributed by atoms with Crippen LogP contribution in [0.1, 0.15) is 52.7 Å². The highest BCUT2D eigenvalue weighted by atomic mass is 19.4. The van der Waals surface area contributed by atoms with Crippen LogP contribution in [0.25, 0.3) is 10.8 Å². The van der Waals surface area contributed by atoms with Gasteiger partial charge in [-0.15, -0.1) is 0 Å². The van der Waals surface area contributed by atoms with Gasteiger partial charge < -0.3 is 14.7 Å². The number of alkyl halides is 3. The standard InChI is InChI=1S/C26H25F3N2O3/c27-26(28,29)15-34-24-10-9-16(13-30-24)11-17-12-20-21(19-6-2-1-5-18(17)19)14-31(25(20)33)22-7-3-4-8-23(22)32/h1-2,5-6,9-10,12-13,22-23,32H,3-4,7-8,11,14-15H2. The van der Waals surface area contributed by atoms with E-state index in [1.54, 1.807) is 6.07 Å². The second-order valence-corrected chi connectivity index (χ2v) is 9.04. The first-order chi connectivity index (χ1) is 16.3. The predicted molar refractivity (Wildman–Crippen MR) is 121 cm³/mol. The highest BCUT2D eigenvalue weighted by molar-refractivity contribution is 6.05. The van der Waals surface area contributed by atoms with Gasteiger partial charge in [-0.25, -0.2) is 4.98 Å². The number of aliphatic hydroxyl groups is 1. The van der Waals surface area contributed by atoms with Crippen molar-refractivity contribution in [1.29, 1.82) is 0 Å². The molecule has 1 aliphatic heterocycles. The molecule has 3 aromatic rings. The number of aliphatic hydroxyl groups excluding tert-OH is 1. The molecule has 2 unspecified atom stereocenters. The molecule has 0 saturated heterocycles. The molecular formula is C26H25F3N2O3. The molecule has 0 bridgehead atoms. The molecule has 5 nitrogen and oxygen atoms in total. The number of carbonyl (C=O) groups is 1. The summed E-state index contributed by atoms with van der Waals surface area (Å²) < 4.78 is 41.8. The number of amides is 1. The maximum absolute atomic E-state index is 13.4. The lowest BCUT2D eigenvalue weighted by Gasteiger charge is -2.35. The third-order valence-electron chi connectivity index (χ3n) is 6.73. The Balaban J connectivity index is 1.43. The van der Waals surface area contributed by atoms with Crippen molar-refractivity contribution in [1.82, 2.24) is 9.88 Å². The van der Waals surface area contributed by atoms with Crippen molar-refractivity contribution in [2.45, 2.75) is 57.0 Å². The van der Waals surface area contributed by atoms with Crippen molar-refractivity contribution in [3.05, 3.63) is 70.9 Å². The second-order valence-electron chi connectivity index (χ2n) is 9.04. The first-order valence-electron chi connectivity index (χ1n) is 11.5. The zero-order valence-corrected chi connectivity index (χ0v) is 18.5. The van der Waals surface area contributed by atoms with E-state index in [1.807, 2.05) is 35.2 Å². The number of carbonyl (C=O) groups excluding carboxylic acids is 1. The van der Waals surface area contributed by atoms with Gasteiger partial charge in [0.1, 0.15) is 0 Å². The average molecular weight is 470 g/mol. The maximum atomic E-state index is 13.4. The largest absolute Gasteiger partial charge is 0.468 e. The van der Waals surface area contributed by atoms with Crippen LogP contribution in [0.15, 0.2) is 48.7 Å². The molecule has 2 aromatic carbocycles. The number of fused-ring (bicyclic) bond motifs is 3. The van der Waals surface area contributed by atoms with Crippen molar-refractivity contribution >= 4 is 16.7 Å². The molecule has 2 aliphatic rings. The molecule has 34 heavy (non-hydrogen) atoms. The Morgan fingerprint density at radius 1 is 1.09 bits per heavy atom. The lowest BCUT2D eigenvalue weighted by atomic mass is 9.91. The Kier molecular flexibility index (Phi) is 5.93. The molecule has 0 spiro atoms. The zero-order chi connectivity index (χ0) is 23.9. The lowest BCUT2D eigenvalue weighted by Crippen LogP contribution is -2.45. The van der Waals surface area contributed by atoms with Gasteiger partial charge in [0.05, 0.1) is 12.1 Å². The first kappa shape index (κ1) is 22.7. The van der Waals surface area contributed by atoms with Crippen LogP contribution < -0.4 is 4.74 Å². The van der Waals surface area contributed by atoms with Crippen LogP contribution >= 0.6 is 0 Å².